The Kier molecular flexibility index (Phi) is 8.29. The summed E-state index contributed by atoms with van der Waals surface area (Å²) in [4.78, 5) is 47.9. The number of nitrogens with one attached hydrogen (secondary N) is 1. The zero-order valence-electron chi connectivity index (χ0n) is 17.3. The minimum Gasteiger partial charge on any atom is -0.494 e. The summed E-state index contributed by atoms with van der Waals surface area (Å²) in [5, 5.41) is 2.60. The van der Waals surface area contributed by atoms with Crippen LogP contribution in [0.15, 0.2) is 48.5 Å². The number of amides is 1. The van der Waals surface area contributed by atoms with Crippen molar-refractivity contribution in [1.82, 2.24) is 0 Å². The van der Waals surface area contributed by atoms with Crippen molar-refractivity contribution in [3.63, 3.8) is 0 Å². The summed E-state index contributed by atoms with van der Waals surface area (Å²) in [5.41, 5.74) is 1.37. The summed E-state index contributed by atoms with van der Waals surface area (Å²) in [5.74, 6) is -0.825. The molecule has 7 heteroatoms. The molecule has 0 bridgehead atoms. The molecule has 0 spiro atoms. The van der Waals surface area contributed by atoms with Gasteiger partial charge < -0.3 is 14.8 Å². The first-order valence-corrected chi connectivity index (χ1v) is 9.67. The molecule has 1 atom stereocenters. The quantitative estimate of drug-likeness (QED) is 0.471. The number of carbonyl (C=O) groups is 4. The van der Waals surface area contributed by atoms with E-state index in [-0.39, 0.29) is 24.4 Å². The predicted octanol–water partition coefficient (Wildman–Crippen LogP) is 3.82. The monoisotopic (exact) mass is 411 g/mol. The van der Waals surface area contributed by atoms with Crippen molar-refractivity contribution in [2.45, 2.75) is 39.7 Å². The van der Waals surface area contributed by atoms with E-state index in [2.05, 4.69) is 5.32 Å². The van der Waals surface area contributed by atoms with Crippen LogP contribution in [-0.2, 0) is 14.3 Å². The van der Waals surface area contributed by atoms with Crippen molar-refractivity contribution in [3.8, 4) is 5.75 Å². The SMILES string of the molecule is CCOc1ccc(C(=O)CCC(=O)O[C@@H](C)C(=O)Nc2cccc(C(C)=O)c2)cc1. The van der Waals surface area contributed by atoms with E-state index in [1.165, 1.54) is 13.8 Å². The van der Waals surface area contributed by atoms with Crippen LogP contribution in [0.4, 0.5) is 5.69 Å². The van der Waals surface area contributed by atoms with Gasteiger partial charge >= 0.3 is 5.97 Å². The zero-order valence-corrected chi connectivity index (χ0v) is 17.3. The fourth-order valence-electron chi connectivity index (χ4n) is 2.63. The van der Waals surface area contributed by atoms with Gasteiger partial charge in [0.25, 0.3) is 5.91 Å². The average Bonchev–Trinajstić information content (AvgIpc) is 2.73. The normalized spacial score (nSPS) is 11.3. The lowest BCUT2D eigenvalue weighted by molar-refractivity contribution is -0.153. The Labute approximate surface area is 175 Å². The maximum Gasteiger partial charge on any atom is 0.307 e. The molecule has 0 fully saturated rings. The third-order valence-electron chi connectivity index (χ3n) is 4.26. The fourth-order valence-corrected chi connectivity index (χ4v) is 2.63. The van der Waals surface area contributed by atoms with Crippen LogP contribution in [0, 0.1) is 0 Å². The standard InChI is InChI=1S/C23H25NO6/c1-4-29-20-10-8-17(9-11-20)21(26)12-13-22(27)30-16(3)23(28)24-19-7-5-6-18(14-19)15(2)25/h5-11,14,16H,4,12-13H2,1-3H3,(H,24,28)/t16-/m0/s1. The van der Waals surface area contributed by atoms with Crippen LogP contribution in [-0.4, -0.2) is 36.2 Å². The number of ether oxygens (including phenoxy) is 2. The molecule has 7 nitrogen and oxygen atoms in total. The van der Waals surface area contributed by atoms with Crippen molar-refractivity contribution in [3.05, 3.63) is 59.7 Å². The number of hydrogen-bond donors (Lipinski definition) is 1. The smallest absolute Gasteiger partial charge is 0.307 e. The van der Waals surface area contributed by atoms with Crippen LogP contribution in [0.5, 0.6) is 5.75 Å². The molecule has 1 amide bonds. The molecule has 2 aromatic rings. The maximum atomic E-state index is 12.2. The topological polar surface area (TPSA) is 98.8 Å². The Morgan fingerprint density at radius 1 is 0.967 bits per heavy atom. The largest absolute Gasteiger partial charge is 0.494 e. The van der Waals surface area contributed by atoms with E-state index in [0.717, 1.165) is 0 Å². The van der Waals surface area contributed by atoms with Crippen LogP contribution in [0.2, 0.25) is 0 Å². The molecule has 0 aliphatic rings. The molecule has 0 heterocycles. The molecule has 0 aliphatic carbocycles. The van der Waals surface area contributed by atoms with E-state index in [9.17, 15) is 19.2 Å². The number of carbonyl (C=O) groups excluding carboxylic acids is 4. The summed E-state index contributed by atoms with van der Waals surface area (Å²) >= 11 is 0. The number of anilines is 1. The van der Waals surface area contributed by atoms with Crippen LogP contribution in [0.1, 0.15) is 54.3 Å². The Hall–Kier alpha value is -3.48. The van der Waals surface area contributed by atoms with E-state index in [1.807, 2.05) is 6.92 Å². The van der Waals surface area contributed by atoms with Gasteiger partial charge in [-0.3, -0.25) is 19.2 Å². The number of benzene rings is 2. The minimum atomic E-state index is -1.04. The van der Waals surface area contributed by atoms with Crippen LogP contribution >= 0.6 is 0 Å². The molecule has 2 aromatic carbocycles. The van der Waals surface area contributed by atoms with Gasteiger partial charge in [-0.05, 0) is 57.2 Å². The lowest BCUT2D eigenvalue weighted by Crippen LogP contribution is -2.30. The second-order valence-corrected chi connectivity index (χ2v) is 6.64. The molecule has 0 saturated heterocycles. The first-order valence-electron chi connectivity index (χ1n) is 9.67. The molecule has 0 saturated carbocycles. The van der Waals surface area contributed by atoms with Crippen molar-refractivity contribution in [2.75, 3.05) is 11.9 Å². The Bertz CT molecular complexity index is 920. The summed E-state index contributed by atoms with van der Waals surface area (Å²) in [6.07, 6.45) is -1.20. The predicted molar refractivity (Wildman–Crippen MR) is 112 cm³/mol. The van der Waals surface area contributed by atoms with Gasteiger partial charge in [0.15, 0.2) is 17.7 Å². The van der Waals surface area contributed by atoms with Gasteiger partial charge in [-0.1, -0.05) is 12.1 Å². The lowest BCUT2D eigenvalue weighted by atomic mass is 10.1. The molecule has 0 radical (unpaired) electrons. The molecule has 0 unspecified atom stereocenters. The minimum absolute atomic E-state index is 0.0260. The first-order chi connectivity index (χ1) is 14.3. The van der Waals surface area contributed by atoms with E-state index in [4.69, 9.17) is 9.47 Å². The highest BCUT2D eigenvalue weighted by atomic mass is 16.5. The summed E-state index contributed by atoms with van der Waals surface area (Å²) in [7, 11) is 0. The molecular formula is C23H25NO6. The first kappa shape index (κ1) is 22.8. The van der Waals surface area contributed by atoms with E-state index in [0.29, 0.717) is 29.2 Å². The fraction of sp³-hybridized carbons (Fsp3) is 0.304. The molecule has 0 aromatic heterocycles. The highest BCUT2D eigenvalue weighted by Gasteiger charge is 2.19. The highest BCUT2D eigenvalue weighted by molar-refractivity contribution is 5.99. The van der Waals surface area contributed by atoms with E-state index < -0.39 is 18.0 Å². The van der Waals surface area contributed by atoms with Crippen LogP contribution in [0.25, 0.3) is 0 Å². The van der Waals surface area contributed by atoms with Gasteiger partial charge in [-0.2, -0.15) is 0 Å². The third kappa shape index (κ3) is 6.84. The van der Waals surface area contributed by atoms with Crippen molar-refractivity contribution in [2.24, 2.45) is 0 Å². The van der Waals surface area contributed by atoms with Gasteiger partial charge in [0.1, 0.15) is 5.75 Å². The van der Waals surface area contributed by atoms with Gasteiger partial charge in [0.05, 0.1) is 13.0 Å². The Morgan fingerprint density at radius 2 is 1.67 bits per heavy atom. The summed E-state index contributed by atoms with van der Waals surface area (Å²) < 4.78 is 10.4. The van der Waals surface area contributed by atoms with Crippen molar-refractivity contribution in [1.29, 1.82) is 0 Å². The lowest BCUT2D eigenvalue weighted by Gasteiger charge is -2.14. The van der Waals surface area contributed by atoms with Gasteiger partial charge in [0, 0.05) is 23.2 Å². The van der Waals surface area contributed by atoms with Gasteiger partial charge in [0.2, 0.25) is 0 Å². The molecule has 158 valence electrons. The molecule has 1 N–H and O–H groups in total. The van der Waals surface area contributed by atoms with Gasteiger partial charge in [-0.25, -0.2) is 0 Å². The average molecular weight is 411 g/mol. The van der Waals surface area contributed by atoms with Crippen molar-refractivity contribution >= 4 is 29.1 Å². The number of hydrogen-bond acceptors (Lipinski definition) is 6. The highest BCUT2D eigenvalue weighted by Crippen LogP contribution is 2.15. The van der Waals surface area contributed by atoms with E-state index >= 15 is 0 Å². The molecule has 0 aliphatic heterocycles. The van der Waals surface area contributed by atoms with Crippen LogP contribution in [0.3, 0.4) is 0 Å². The Morgan fingerprint density at radius 3 is 2.30 bits per heavy atom. The second kappa shape index (κ2) is 10.9. The zero-order chi connectivity index (χ0) is 22.1. The Balaban J connectivity index is 1.82. The van der Waals surface area contributed by atoms with Crippen LogP contribution < -0.4 is 10.1 Å². The summed E-state index contributed by atoms with van der Waals surface area (Å²) in [6, 6.07) is 13.1. The maximum absolute atomic E-state index is 12.2. The van der Waals surface area contributed by atoms with Gasteiger partial charge in [-0.15, -0.1) is 0 Å². The van der Waals surface area contributed by atoms with Crippen molar-refractivity contribution < 1.29 is 28.7 Å². The number of Topliss-reactive ketones (excluding diaryl/α,β-unsaturated/α-hetero) is 2. The number of esters is 1. The number of rotatable bonds is 10. The van der Waals surface area contributed by atoms with E-state index in [1.54, 1.807) is 48.5 Å². The summed E-state index contributed by atoms with van der Waals surface area (Å²) in [6.45, 7) is 5.28. The molecule has 2 rings (SSSR count). The molecule has 30 heavy (non-hydrogen) atoms. The molecular weight excluding hydrogens is 386 g/mol. The second-order valence-electron chi connectivity index (χ2n) is 6.64. The number of ketones is 2. The third-order valence-corrected chi connectivity index (χ3v) is 4.26.